The maximum Gasteiger partial charge on any atom is 0.0110 e. The Balaban J connectivity index is 1.78. The van der Waals surface area contributed by atoms with Gasteiger partial charge in [0.15, 0.2) is 0 Å². The van der Waals surface area contributed by atoms with E-state index >= 15 is 0 Å². The molecule has 1 N–H and O–H groups in total. The average molecular weight is 246 g/mol. The van der Waals surface area contributed by atoms with Crippen molar-refractivity contribution in [1.29, 1.82) is 0 Å². The molecule has 1 aromatic rings. The molecule has 0 spiro atoms. The normalized spacial score (nSPS) is 23.6. The van der Waals surface area contributed by atoms with E-state index in [0.717, 1.165) is 6.54 Å². The van der Waals surface area contributed by atoms with Gasteiger partial charge in [0.2, 0.25) is 0 Å². The van der Waals surface area contributed by atoms with Gasteiger partial charge in [0.05, 0.1) is 0 Å². The van der Waals surface area contributed by atoms with E-state index in [1.807, 2.05) is 0 Å². The molecule has 0 aromatic heterocycles. The number of benzene rings is 1. The first-order valence-corrected chi connectivity index (χ1v) is 7.27. The molecule has 2 nitrogen and oxygen atoms in total. The third-order valence-electron chi connectivity index (χ3n) is 4.06. The molecule has 100 valence electrons. The van der Waals surface area contributed by atoms with Gasteiger partial charge in [-0.25, -0.2) is 0 Å². The van der Waals surface area contributed by atoms with Crippen LogP contribution in [0.3, 0.4) is 0 Å². The minimum absolute atomic E-state index is 0.677. The van der Waals surface area contributed by atoms with Gasteiger partial charge in [-0.1, -0.05) is 30.3 Å². The lowest BCUT2D eigenvalue weighted by molar-refractivity contribution is 0.212. The Morgan fingerprint density at radius 1 is 1.28 bits per heavy atom. The highest BCUT2D eigenvalue weighted by atomic mass is 15.2. The van der Waals surface area contributed by atoms with Crippen LogP contribution in [-0.2, 0) is 6.42 Å². The first kappa shape index (κ1) is 13.6. The third-order valence-corrected chi connectivity index (χ3v) is 4.06. The fraction of sp³-hybridized carbons (Fsp3) is 0.625. The zero-order chi connectivity index (χ0) is 12.8. The van der Waals surface area contributed by atoms with E-state index in [4.69, 9.17) is 0 Å². The van der Waals surface area contributed by atoms with Gasteiger partial charge in [0.1, 0.15) is 0 Å². The number of nitrogens with zero attached hydrogens (tertiary/aromatic N) is 1. The van der Waals surface area contributed by atoms with Crippen molar-refractivity contribution in [2.45, 2.75) is 45.2 Å². The maximum atomic E-state index is 3.56. The largest absolute Gasteiger partial charge is 0.313 e. The summed E-state index contributed by atoms with van der Waals surface area (Å²) in [4.78, 5) is 2.64. The molecule has 0 amide bonds. The first-order chi connectivity index (χ1) is 8.75. The Bertz CT molecular complexity index is 336. The van der Waals surface area contributed by atoms with Crippen LogP contribution in [0.25, 0.3) is 0 Å². The molecule has 0 radical (unpaired) electrons. The van der Waals surface area contributed by atoms with Crippen molar-refractivity contribution in [2.24, 2.45) is 0 Å². The topological polar surface area (TPSA) is 15.3 Å². The third kappa shape index (κ3) is 4.11. The van der Waals surface area contributed by atoms with E-state index in [-0.39, 0.29) is 0 Å². The Labute approximate surface area is 111 Å². The monoisotopic (exact) mass is 246 g/mol. The summed E-state index contributed by atoms with van der Waals surface area (Å²) in [5.74, 6) is 0. The molecular formula is C16H26N2. The Kier molecular flexibility index (Phi) is 5.21. The van der Waals surface area contributed by atoms with Crippen molar-refractivity contribution in [3.05, 3.63) is 35.9 Å². The molecule has 1 aliphatic heterocycles. The van der Waals surface area contributed by atoms with E-state index in [0.29, 0.717) is 12.1 Å². The second kappa shape index (κ2) is 6.91. The summed E-state index contributed by atoms with van der Waals surface area (Å²) >= 11 is 0. The van der Waals surface area contributed by atoms with Gasteiger partial charge in [-0.2, -0.15) is 0 Å². The molecule has 0 bridgehead atoms. The summed E-state index contributed by atoms with van der Waals surface area (Å²) in [6.45, 7) is 8.23. The van der Waals surface area contributed by atoms with Crippen LogP contribution in [0, 0.1) is 0 Å². The summed E-state index contributed by atoms with van der Waals surface area (Å²) in [7, 11) is 0. The van der Waals surface area contributed by atoms with Crippen LogP contribution < -0.4 is 5.32 Å². The summed E-state index contributed by atoms with van der Waals surface area (Å²) in [6.07, 6.45) is 3.73. The molecule has 1 aliphatic rings. The molecular weight excluding hydrogens is 220 g/mol. The van der Waals surface area contributed by atoms with Crippen molar-refractivity contribution in [3.8, 4) is 0 Å². The van der Waals surface area contributed by atoms with Crippen LogP contribution in [0.4, 0.5) is 0 Å². The van der Waals surface area contributed by atoms with Gasteiger partial charge in [-0.05, 0) is 45.2 Å². The smallest absolute Gasteiger partial charge is 0.0110 e. The number of aryl methyl sites for hydroxylation is 1. The second-order valence-electron chi connectivity index (χ2n) is 5.55. The van der Waals surface area contributed by atoms with E-state index in [2.05, 4.69) is 54.4 Å². The summed E-state index contributed by atoms with van der Waals surface area (Å²) < 4.78 is 0. The van der Waals surface area contributed by atoms with Crippen molar-refractivity contribution < 1.29 is 0 Å². The summed E-state index contributed by atoms with van der Waals surface area (Å²) in [5, 5.41) is 3.56. The van der Waals surface area contributed by atoms with Crippen molar-refractivity contribution in [3.63, 3.8) is 0 Å². The van der Waals surface area contributed by atoms with Gasteiger partial charge >= 0.3 is 0 Å². The fourth-order valence-electron chi connectivity index (χ4n) is 2.67. The molecule has 1 aromatic carbocycles. The standard InChI is InChI=1S/C16H26N2/c1-14-10-12-18(13-11-17-14)15(2)8-9-16-6-4-3-5-7-16/h3-7,14-15,17H,8-13H2,1-2H3. The Hall–Kier alpha value is -0.860. The predicted molar refractivity (Wildman–Crippen MR) is 77.9 cm³/mol. The highest BCUT2D eigenvalue weighted by Gasteiger charge is 2.17. The Morgan fingerprint density at radius 3 is 2.83 bits per heavy atom. The summed E-state index contributed by atoms with van der Waals surface area (Å²) in [5.41, 5.74) is 1.46. The molecule has 2 atom stereocenters. The first-order valence-electron chi connectivity index (χ1n) is 7.27. The minimum Gasteiger partial charge on any atom is -0.313 e. The zero-order valence-corrected chi connectivity index (χ0v) is 11.7. The van der Waals surface area contributed by atoms with E-state index in [9.17, 15) is 0 Å². The SMILES string of the molecule is CC1CCN(C(C)CCc2ccccc2)CCN1. The van der Waals surface area contributed by atoms with Crippen LogP contribution >= 0.6 is 0 Å². The lowest BCUT2D eigenvalue weighted by Gasteiger charge is -2.27. The van der Waals surface area contributed by atoms with E-state index in [1.165, 1.54) is 37.9 Å². The highest BCUT2D eigenvalue weighted by molar-refractivity contribution is 5.14. The molecule has 2 unspecified atom stereocenters. The predicted octanol–water partition coefficient (Wildman–Crippen LogP) is 2.69. The lowest BCUT2D eigenvalue weighted by Crippen LogP contribution is -2.36. The quantitative estimate of drug-likeness (QED) is 0.878. The van der Waals surface area contributed by atoms with E-state index < -0.39 is 0 Å². The fourth-order valence-corrected chi connectivity index (χ4v) is 2.67. The number of rotatable bonds is 4. The highest BCUT2D eigenvalue weighted by Crippen LogP contribution is 2.12. The van der Waals surface area contributed by atoms with Gasteiger partial charge in [0, 0.05) is 25.2 Å². The molecule has 1 heterocycles. The van der Waals surface area contributed by atoms with Crippen LogP contribution in [0.5, 0.6) is 0 Å². The number of hydrogen-bond donors (Lipinski definition) is 1. The molecule has 0 aliphatic carbocycles. The van der Waals surface area contributed by atoms with Gasteiger partial charge in [-0.3, -0.25) is 4.90 Å². The van der Waals surface area contributed by atoms with Crippen LogP contribution in [0.2, 0.25) is 0 Å². The van der Waals surface area contributed by atoms with Gasteiger partial charge in [-0.15, -0.1) is 0 Å². The van der Waals surface area contributed by atoms with Gasteiger partial charge < -0.3 is 5.32 Å². The maximum absolute atomic E-state index is 3.56. The molecule has 2 rings (SSSR count). The van der Waals surface area contributed by atoms with Gasteiger partial charge in [0.25, 0.3) is 0 Å². The minimum atomic E-state index is 0.677. The van der Waals surface area contributed by atoms with Crippen LogP contribution in [0.1, 0.15) is 32.3 Å². The number of nitrogens with one attached hydrogen (secondary N) is 1. The lowest BCUT2D eigenvalue weighted by atomic mass is 10.0. The van der Waals surface area contributed by atoms with Crippen molar-refractivity contribution in [2.75, 3.05) is 19.6 Å². The second-order valence-corrected chi connectivity index (χ2v) is 5.55. The number of hydrogen-bond acceptors (Lipinski definition) is 2. The van der Waals surface area contributed by atoms with Crippen molar-refractivity contribution in [1.82, 2.24) is 10.2 Å². The Morgan fingerprint density at radius 2 is 2.06 bits per heavy atom. The molecule has 0 saturated carbocycles. The van der Waals surface area contributed by atoms with Crippen LogP contribution in [0.15, 0.2) is 30.3 Å². The molecule has 18 heavy (non-hydrogen) atoms. The van der Waals surface area contributed by atoms with E-state index in [1.54, 1.807) is 0 Å². The molecule has 1 fully saturated rings. The average Bonchev–Trinajstić information content (AvgIpc) is 2.62. The molecule has 1 saturated heterocycles. The van der Waals surface area contributed by atoms with Crippen molar-refractivity contribution >= 4 is 0 Å². The molecule has 2 heteroatoms. The van der Waals surface area contributed by atoms with Crippen LogP contribution in [-0.4, -0.2) is 36.6 Å². The zero-order valence-electron chi connectivity index (χ0n) is 11.7. The summed E-state index contributed by atoms with van der Waals surface area (Å²) in [6, 6.07) is 12.2.